The highest BCUT2D eigenvalue weighted by molar-refractivity contribution is 5.80. The lowest BCUT2D eigenvalue weighted by atomic mass is 9.68. The average molecular weight is 673 g/mol. The van der Waals surface area contributed by atoms with E-state index in [-0.39, 0.29) is 11.8 Å². The third-order valence-corrected chi connectivity index (χ3v) is 12.0. The van der Waals surface area contributed by atoms with Crippen molar-refractivity contribution in [3.63, 3.8) is 0 Å². The van der Waals surface area contributed by atoms with Crippen molar-refractivity contribution < 1.29 is 0 Å². The molecule has 0 spiro atoms. The fourth-order valence-corrected chi connectivity index (χ4v) is 9.63. The van der Waals surface area contributed by atoms with Gasteiger partial charge in [-0.15, -0.1) is 0 Å². The van der Waals surface area contributed by atoms with Gasteiger partial charge in [0.2, 0.25) is 0 Å². The van der Waals surface area contributed by atoms with Crippen LogP contribution in [0.3, 0.4) is 0 Å². The minimum Gasteiger partial charge on any atom is -0.0984 e. The van der Waals surface area contributed by atoms with Gasteiger partial charge < -0.3 is 0 Å². The summed E-state index contributed by atoms with van der Waals surface area (Å²) >= 11 is 0. The first-order valence-electron chi connectivity index (χ1n) is 19.0. The van der Waals surface area contributed by atoms with Crippen molar-refractivity contribution in [2.75, 3.05) is 0 Å². The molecule has 256 valence electrons. The number of rotatable bonds is 9. The Bertz CT molecular complexity index is 2210. The molecule has 2 bridgehead atoms. The normalized spacial score (nSPS) is 23.3. The molecule has 3 aromatic carbocycles. The molecule has 8 rings (SSSR count). The molecule has 5 aliphatic carbocycles. The SMILES string of the molecule is C=CC1=C(C=C)c2cccc(c2)C(C(C2=CC=C(C(C3=C4C=CC=C5C(C)=C(C=CC)C(C=C3)C54)c3ccccc3)CC2)c2ccccc2)CC=C1. The van der Waals surface area contributed by atoms with Crippen molar-refractivity contribution in [1.29, 1.82) is 0 Å². The van der Waals surface area contributed by atoms with Crippen LogP contribution in [0.25, 0.3) is 5.57 Å². The van der Waals surface area contributed by atoms with E-state index in [1.54, 1.807) is 0 Å². The fraction of sp³-hybridized carbons (Fsp3) is 0.192. The highest BCUT2D eigenvalue weighted by Gasteiger charge is 2.41. The van der Waals surface area contributed by atoms with Crippen molar-refractivity contribution in [2.45, 2.75) is 50.9 Å². The molecule has 0 saturated heterocycles. The summed E-state index contributed by atoms with van der Waals surface area (Å²) in [6.07, 6.45) is 33.0. The Labute approximate surface area is 311 Å². The lowest BCUT2D eigenvalue weighted by Crippen LogP contribution is -2.22. The standard InChI is InChI=1S/C52H48/c1-5-17-44-35(4)45-25-16-27-47-49(33-32-48(44)52(45)47)51(38-20-12-9-13-21-38)40-30-28-39(29-31-40)50(37-18-10-8-11-19-37)46-26-15-22-36(6-2)43(7-3)41-23-14-24-42(46)34-41/h5-25,27-28,30,32-34,46,48,50-52H,2-3,26,29,31H2,1,4H3. The molecule has 0 heteroatoms. The number of fused-ring (bicyclic) bond motifs is 2. The minimum absolute atomic E-state index is 0.210. The van der Waals surface area contributed by atoms with Gasteiger partial charge in [0.05, 0.1) is 0 Å². The first-order valence-corrected chi connectivity index (χ1v) is 19.0. The molecule has 0 heterocycles. The van der Waals surface area contributed by atoms with Gasteiger partial charge in [0.25, 0.3) is 0 Å². The third-order valence-electron chi connectivity index (χ3n) is 12.0. The molecule has 0 radical (unpaired) electrons. The molecular formula is C52H48. The van der Waals surface area contributed by atoms with E-state index in [1.807, 2.05) is 12.2 Å². The van der Waals surface area contributed by atoms with Crippen LogP contribution in [-0.4, -0.2) is 0 Å². The van der Waals surface area contributed by atoms with Gasteiger partial charge in [-0.05, 0) is 100 Å². The second-order valence-corrected chi connectivity index (χ2v) is 14.7. The maximum Gasteiger partial charge on any atom is 0.0304 e. The van der Waals surface area contributed by atoms with Crippen LogP contribution in [0, 0.1) is 11.8 Å². The van der Waals surface area contributed by atoms with E-state index in [0.717, 1.165) is 30.4 Å². The third kappa shape index (κ3) is 6.01. The predicted molar refractivity (Wildman–Crippen MR) is 222 cm³/mol. The van der Waals surface area contributed by atoms with Crippen LogP contribution in [0.5, 0.6) is 0 Å². The molecule has 0 aliphatic heterocycles. The van der Waals surface area contributed by atoms with E-state index < -0.39 is 0 Å². The Hall–Kier alpha value is -5.46. The minimum atomic E-state index is 0.210. The Kier molecular flexibility index (Phi) is 9.48. The summed E-state index contributed by atoms with van der Waals surface area (Å²) in [5.41, 5.74) is 17.9. The number of hydrogen-bond donors (Lipinski definition) is 0. The zero-order valence-corrected chi connectivity index (χ0v) is 30.5. The van der Waals surface area contributed by atoms with Crippen LogP contribution >= 0.6 is 0 Å². The van der Waals surface area contributed by atoms with Gasteiger partial charge in [0, 0.05) is 23.7 Å². The molecule has 0 N–H and O–H groups in total. The molecule has 0 amide bonds. The Morgan fingerprint density at radius 2 is 1.52 bits per heavy atom. The zero-order chi connectivity index (χ0) is 35.6. The lowest BCUT2D eigenvalue weighted by molar-refractivity contribution is 0.576. The highest BCUT2D eigenvalue weighted by atomic mass is 14.4. The molecule has 3 aromatic rings. The topological polar surface area (TPSA) is 0 Å². The fourth-order valence-electron chi connectivity index (χ4n) is 9.63. The quantitative estimate of drug-likeness (QED) is 0.212. The van der Waals surface area contributed by atoms with Crippen LogP contribution in [-0.2, 0) is 0 Å². The summed E-state index contributed by atoms with van der Waals surface area (Å²) in [6, 6.07) is 31.5. The molecule has 0 nitrogen and oxygen atoms in total. The number of allylic oxidation sites excluding steroid dienone is 22. The van der Waals surface area contributed by atoms with E-state index >= 15 is 0 Å². The monoisotopic (exact) mass is 672 g/mol. The Morgan fingerprint density at radius 1 is 0.769 bits per heavy atom. The maximum absolute atomic E-state index is 4.16. The molecule has 52 heavy (non-hydrogen) atoms. The van der Waals surface area contributed by atoms with Crippen LogP contribution in [0.2, 0.25) is 0 Å². The molecule has 5 unspecified atom stereocenters. The molecular weight excluding hydrogens is 625 g/mol. The lowest BCUT2D eigenvalue weighted by Gasteiger charge is -2.36. The maximum atomic E-state index is 4.16. The Balaban J connectivity index is 1.21. The van der Waals surface area contributed by atoms with Crippen molar-refractivity contribution >= 4 is 5.57 Å². The average Bonchev–Trinajstić information content (AvgIpc) is 3.49. The van der Waals surface area contributed by atoms with Crippen molar-refractivity contribution in [3.05, 3.63) is 244 Å². The Morgan fingerprint density at radius 3 is 2.23 bits per heavy atom. The first-order chi connectivity index (χ1) is 25.6. The summed E-state index contributed by atoms with van der Waals surface area (Å²) in [5.74, 6) is 1.56. The van der Waals surface area contributed by atoms with E-state index in [0.29, 0.717) is 17.8 Å². The van der Waals surface area contributed by atoms with E-state index in [4.69, 9.17) is 0 Å². The smallest absolute Gasteiger partial charge is 0.0304 e. The zero-order valence-electron chi connectivity index (χ0n) is 30.5. The van der Waals surface area contributed by atoms with Crippen molar-refractivity contribution in [3.8, 4) is 0 Å². The van der Waals surface area contributed by atoms with Crippen LogP contribution < -0.4 is 0 Å². The highest BCUT2D eigenvalue weighted by Crippen LogP contribution is 2.54. The molecule has 5 atom stereocenters. The van der Waals surface area contributed by atoms with Crippen LogP contribution in [0.1, 0.15) is 73.1 Å². The summed E-state index contributed by atoms with van der Waals surface area (Å²) in [5, 5.41) is 0. The van der Waals surface area contributed by atoms with Gasteiger partial charge >= 0.3 is 0 Å². The second kappa shape index (κ2) is 14.6. The van der Waals surface area contributed by atoms with E-state index in [1.165, 1.54) is 61.3 Å². The van der Waals surface area contributed by atoms with Crippen LogP contribution in [0.4, 0.5) is 0 Å². The van der Waals surface area contributed by atoms with Crippen LogP contribution in [0.15, 0.2) is 222 Å². The second-order valence-electron chi connectivity index (χ2n) is 14.7. The van der Waals surface area contributed by atoms with Gasteiger partial charge in [0.1, 0.15) is 0 Å². The molecule has 0 fully saturated rings. The van der Waals surface area contributed by atoms with E-state index in [2.05, 4.69) is 179 Å². The van der Waals surface area contributed by atoms with E-state index in [9.17, 15) is 0 Å². The predicted octanol–water partition coefficient (Wildman–Crippen LogP) is 13.6. The summed E-state index contributed by atoms with van der Waals surface area (Å²) < 4.78 is 0. The molecule has 0 aromatic heterocycles. The summed E-state index contributed by atoms with van der Waals surface area (Å²) in [7, 11) is 0. The van der Waals surface area contributed by atoms with Gasteiger partial charge in [-0.3, -0.25) is 0 Å². The largest absolute Gasteiger partial charge is 0.0984 e. The summed E-state index contributed by atoms with van der Waals surface area (Å²) in [6.45, 7) is 12.7. The summed E-state index contributed by atoms with van der Waals surface area (Å²) in [4.78, 5) is 0. The number of benzene rings is 3. The first kappa shape index (κ1) is 33.7. The van der Waals surface area contributed by atoms with Gasteiger partial charge in [-0.1, -0.05) is 188 Å². The van der Waals surface area contributed by atoms with Gasteiger partial charge in [0.15, 0.2) is 0 Å². The molecule has 5 aliphatic rings. The van der Waals surface area contributed by atoms with Crippen molar-refractivity contribution in [1.82, 2.24) is 0 Å². The molecule has 0 saturated carbocycles. The number of hydrogen-bond acceptors (Lipinski definition) is 0. The van der Waals surface area contributed by atoms with Crippen molar-refractivity contribution in [2.24, 2.45) is 11.8 Å². The van der Waals surface area contributed by atoms with Gasteiger partial charge in [-0.2, -0.15) is 0 Å². The van der Waals surface area contributed by atoms with Gasteiger partial charge in [-0.25, -0.2) is 0 Å².